The summed E-state index contributed by atoms with van der Waals surface area (Å²) in [6.07, 6.45) is 0. The highest BCUT2D eigenvalue weighted by atomic mass is 16.4. The van der Waals surface area contributed by atoms with Crippen molar-refractivity contribution in [2.24, 2.45) is 7.05 Å². The minimum absolute atomic E-state index is 0.0758. The Labute approximate surface area is 91.3 Å². The van der Waals surface area contributed by atoms with E-state index in [4.69, 9.17) is 10.8 Å². The third-order valence-electron chi connectivity index (χ3n) is 2.19. The molecule has 1 heterocycles. The first-order chi connectivity index (χ1) is 7.59. The van der Waals surface area contributed by atoms with Crippen LogP contribution in [-0.4, -0.2) is 26.1 Å². The van der Waals surface area contributed by atoms with Crippen LogP contribution in [0.4, 0.5) is 5.69 Å². The molecule has 3 N–H and O–H groups in total. The summed E-state index contributed by atoms with van der Waals surface area (Å²) in [6, 6.07) is 6.93. The monoisotopic (exact) mass is 218 g/mol. The van der Waals surface area contributed by atoms with Crippen molar-refractivity contribution >= 4 is 11.7 Å². The molecule has 0 unspecified atom stereocenters. The highest BCUT2D eigenvalue weighted by Gasteiger charge is 2.18. The molecule has 2 aromatic rings. The Morgan fingerprint density at radius 1 is 1.50 bits per heavy atom. The molecule has 0 bridgehead atoms. The van der Waals surface area contributed by atoms with Crippen LogP contribution in [0.1, 0.15) is 10.5 Å². The van der Waals surface area contributed by atoms with Gasteiger partial charge < -0.3 is 10.8 Å². The summed E-state index contributed by atoms with van der Waals surface area (Å²) in [4.78, 5) is 10.9. The van der Waals surface area contributed by atoms with Crippen molar-refractivity contribution in [3.63, 3.8) is 0 Å². The molecule has 0 atom stereocenters. The van der Waals surface area contributed by atoms with Crippen LogP contribution in [0.2, 0.25) is 0 Å². The average Bonchev–Trinajstić information content (AvgIpc) is 2.60. The van der Waals surface area contributed by atoms with Crippen molar-refractivity contribution in [3.8, 4) is 11.3 Å². The number of aromatic nitrogens is 3. The summed E-state index contributed by atoms with van der Waals surface area (Å²) in [5.74, 6) is -1.11. The van der Waals surface area contributed by atoms with Gasteiger partial charge in [0.25, 0.3) is 0 Å². The Hall–Kier alpha value is -2.37. The number of nitrogens with zero attached hydrogens (tertiary/aromatic N) is 3. The topological polar surface area (TPSA) is 94.0 Å². The average molecular weight is 218 g/mol. The number of benzene rings is 1. The van der Waals surface area contributed by atoms with E-state index in [-0.39, 0.29) is 5.69 Å². The van der Waals surface area contributed by atoms with Gasteiger partial charge in [-0.2, -0.15) is 0 Å². The van der Waals surface area contributed by atoms with Gasteiger partial charge in [-0.05, 0) is 12.1 Å². The quantitative estimate of drug-likeness (QED) is 0.726. The lowest BCUT2D eigenvalue weighted by Crippen LogP contribution is -2.01. The van der Waals surface area contributed by atoms with E-state index < -0.39 is 5.97 Å². The molecule has 2 rings (SSSR count). The zero-order valence-corrected chi connectivity index (χ0v) is 8.58. The van der Waals surface area contributed by atoms with Gasteiger partial charge in [-0.15, -0.1) is 5.10 Å². The van der Waals surface area contributed by atoms with Gasteiger partial charge in [-0.3, -0.25) is 0 Å². The molecule has 0 aliphatic rings. The fraction of sp³-hybridized carbons (Fsp3) is 0.100. The van der Waals surface area contributed by atoms with Gasteiger partial charge in [0.2, 0.25) is 0 Å². The normalized spacial score (nSPS) is 10.3. The van der Waals surface area contributed by atoms with Gasteiger partial charge in [-0.25, -0.2) is 9.48 Å². The van der Waals surface area contributed by atoms with E-state index >= 15 is 0 Å². The maximum atomic E-state index is 10.9. The van der Waals surface area contributed by atoms with Crippen LogP contribution in [0.3, 0.4) is 0 Å². The number of aryl methyl sites for hydroxylation is 1. The summed E-state index contributed by atoms with van der Waals surface area (Å²) in [5.41, 5.74) is 7.26. The minimum atomic E-state index is -1.11. The van der Waals surface area contributed by atoms with E-state index in [0.717, 1.165) is 0 Å². The number of carbonyl (C=O) groups is 1. The third-order valence-corrected chi connectivity index (χ3v) is 2.19. The second kappa shape index (κ2) is 3.65. The molecule has 82 valence electrons. The van der Waals surface area contributed by atoms with Crippen LogP contribution in [0.25, 0.3) is 11.3 Å². The Morgan fingerprint density at radius 3 is 2.88 bits per heavy atom. The number of hydrogen-bond donors (Lipinski definition) is 2. The summed E-state index contributed by atoms with van der Waals surface area (Å²) < 4.78 is 1.41. The third kappa shape index (κ3) is 1.60. The summed E-state index contributed by atoms with van der Waals surface area (Å²) >= 11 is 0. The molecule has 1 aromatic carbocycles. The number of nitrogens with two attached hydrogens (primary N) is 1. The first-order valence-electron chi connectivity index (χ1n) is 4.58. The van der Waals surface area contributed by atoms with E-state index in [0.29, 0.717) is 16.9 Å². The van der Waals surface area contributed by atoms with Crippen molar-refractivity contribution in [2.45, 2.75) is 0 Å². The fourth-order valence-electron chi connectivity index (χ4n) is 1.51. The van der Waals surface area contributed by atoms with Crippen molar-refractivity contribution in [1.82, 2.24) is 15.0 Å². The second-order valence-corrected chi connectivity index (χ2v) is 3.34. The second-order valence-electron chi connectivity index (χ2n) is 3.34. The van der Waals surface area contributed by atoms with E-state index in [9.17, 15) is 4.79 Å². The maximum Gasteiger partial charge on any atom is 0.358 e. The number of hydrogen-bond acceptors (Lipinski definition) is 4. The van der Waals surface area contributed by atoms with Gasteiger partial charge in [0.05, 0.1) is 0 Å². The van der Waals surface area contributed by atoms with Gasteiger partial charge in [0.1, 0.15) is 5.69 Å². The van der Waals surface area contributed by atoms with Crippen molar-refractivity contribution in [3.05, 3.63) is 30.0 Å². The van der Waals surface area contributed by atoms with Crippen LogP contribution >= 0.6 is 0 Å². The van der Waals surface area contributed by atoms with Crippen molar-refractivity contribution < 1.29 is 9.90 Å². The van der Waals surface area contributed by atoms with Crippen LogP contribution in [0.15, 0.2) is 24.3 Å². The van der Waals surface area contributed by atoms with E-state index in [1.807, 2.05) is 0 Å². The smallest absolute Gasteiger partial charge is 0.358 e. The highest BCUT2D eigenvalue weighted by Crippen LogP contribution is 2.23. The predicted octanol–water partition coefficient (Wildman–Crippen LogP) is 0.763. The number of nitrogen functional groups attached to an aromatic ring is 1. The zero-order valence-electron chi connectivity index (χ0n) is 8.58. The predicted molar refractivity (Wildman–Crippen MR) is 57.8 cm³/mol. The molecule has 0 radical (unpaired) electrons. The number of carboxylic acid groups (broad SMARTS) is 1. The zero-order chi connectivity index (χ0) is 11.7. The Bertz CT molecular complexity index is 548. The number of rotatable bonds is 2. The standard InChI is InChI=1S/C10H10N4O2/c1-14-9(8(10(15)16)12-13-14)6-3-2-4-7(11)5-6/h2-5H,11H2,1H3,(H,15,16). The van der Waals surface area contributed by atoms with Crippen LogP contribution in [-0.2, 0) is 7.05 Å². The molecule has 0 fully saturated rings. The molecule has 0 amide bonds. The highest BCUT2D eigenvalue weighted by molar-refractivity contribution is 5.92. The Kier molecular flexibility index (Phi) is 2.32. The summed E-state index contributed by atoms with van der Waals surface area (Å²) in [6.45, 7) is 0. The SMILES string of the molecule is Cn1nnc(C(=O)O)c1-c1cccc(N)c1. The first kappa shape index (κ1) is 10.2. The lowest BCUT2D eigenvalue weighted by atomic mass is 10.1. The minimum Gasteiger partial charge on any atom is -0.476 e. The Morgan fingerprint density at radius 2 is 2.25 bits per heavy atom. The molecule has 16 heavy (non-hydrogen) atoms. The van der Waals surface area contributed by atoms with Crippen molar-refractivity contribution in [2.75, 3.05) is 5.73 Å². The van der Waals surface area contributed by atoms with Gasteiger partial charge >= 0.3 is 5.97 Å². The molecule has 0 saturated carbocycles. The number of anilines is 1. The van der Waals surface area contributed by atoms with Gasteiger partial charge in [0, 0.05) is 18.3 Å². The summed E-state index contributed by atoms with van der Waals surface area (Å²) in [5, 5.41) is 16.2. The van der Waals surface area contributed by atoms with Crippen molar-refractivity contribution in [1.29, 1.82) is 0 Å². The lowest BCUT2D eigenvalue weighted by molar-refractivity contribution is 0.0691. The summed E-state index contributed by atoms with van der Waals surface area (Å²) in [7, 11) is 1.64. The van der Waals surface area contributed by atoms with Crippen LogP contribution < -0.4 is 5.73 Å². The molecular weight excluding hydrogens is 208 g/mol. The van der Waals surface area contributed by atoms with E-state index in [1.54, 1.807) is 31.3 Å². The molecule has 0 spiro atoms. The molecule has 1 aromatic heterocycles. The van der Waals surface area contributed by atoms with Gasteiger partial charge in [0.15, 0.2) is 5.69 Å². The van der Waals surface area contributed by atoms with Crippen LogP contribution in [0, 0.1) is 0 Å². The molecule has 0 aliphatic carbocycles. The first-order valence-corrected chi connectivity index (χ1v) is 4.58. The Balaban J connectivity index is 2.63. The van der Waals surface area contributed by atoms with Gasteiger partial charge in [-0.1, -0.05) is 17.3 Å². The largest absolute Gasteiger partial charge is 0.476 e. The molecule has 0 saturated heterocycles. The number of aromatic carboxylic acids is 1. The molecule has 0 aliphatic heterocycles. The fourth-order valence-corrected chi connectivity index (χ4v) is 1.51. The van der Waals surface area contributed by atoms with Crippen LogP contribution in [0.5, 0.6) is 0 Å². The number of carboxylic acids is 1. The van der Waals surface area contributed by atoms with E-state index in [2.05, 4.69) is 10.3 Å². The molecule has 6 heteroatoms. The lowest BCUT2D eigenvalue weighted by Gasteiger charge is -2.03. The maximum absolute atomic E-state index is 10.9. The molecule has 6 nitrogen and oxygen atoms in total. The molecular formula is C10H10N4O2. The van der Waals surface area contributed by atoms with E-state index in [1.165, 1.54) is 4.68 Å².